The first-order chi connectivity index (χ1) is 7.18. The lowest BCUT2D eigenvalue weighted by molar-refractivity contribution is 0.101. The molecule has 2 heterocycles. The SMILES string of the molecule is CC.CC(=O)c1cn2cccc(C)c2n1. The Morgan fingerprint density at radius 1 is 1.40 bits per heavy atom. The summed E-state index contributed by atoms with van der Waals surface area (Å²) < 4.78 is 1.87. The monoisotopic (exact) mass is 204 g/mol. The highest BCUT2D eigenvalue weighted by Crippen LogP contribution is 2.09. The van der Waals surface area contributed by atoms with E-state index in [1.807, 2.05) is 43.5 Å². The lowest BCUT2D eigenvalue weighted by atomic mass is 10.3. The molecule has 0 saturated carbocycles. The van der Waals surface area contributed by atoms with Gasteiger partial charge in [0.25, 0.3) is 0 Å². The van der Waals surface area contributed by atoms with Crippen molar-refractivity contribution in [1.82, 2.24) is 9.38 Å². The molecule has 0 aliphatic rings. The number of nitrogens with zero attached hydrogens (tertiary/aromatic N) is 2. The first-order valence-corrected chi connectivity index (χ1v) is 5.14. The minimum absolute atomic E-state index is 0.00287. The third-order valence-electron chi connectivity index (χ3n) is 2.04. The van der Waals surface area contributed by atoms with Gasteiger partial charge in [-0.2, -0.15) is 0 Å². The largest absolute Gasteiger partial charge is 0.306 e. The van der Waals surface area contributed by atoms with Crippen LogP contribution in [0.15, 0.2) is 24.5 Å². The van der Waals surface area contributed by atoms with Crippen LogP contribution in [0.1, 0.15) is 36.8 Å². The van der Waals surface area contributed by atoms with Crippen molar-refractivity contribution in [3.05, 3.63) is 35.8 Å². The van der Waals surface area contributed by atoms with Crippen molar-refractivity contribution in [2.75, 3.05) is 0 Å². The van der Waals surface area contributed by atoms with Crippen molar-refractivity contribution < 1.29 is 4.79 Å². The number of imidazole rings is 1. The Hall–Kier alpha value is -1.64. The van der Waals surface area contributed by atoms with E-state index in [0.29, 0.717) is 5.69 Å². The van der Waals surface area contributed by atoms with Crippen LogP contribution in [0.4, 0.5) is 0 Å². The molecule has 0 fully saturated rings. The first-order valence-electron chi connectivity index (χ1n) is 5.14. The van der Waals surface area contributed by atoms with Gasteiger partial charge >= 0.3 is 0 Å². The van der Waals surface area contributed by atoms with Gasteiger partial charge < -0.3 is 4.40 Å². The van der Waals surface area contributed by atoms with E-state index in [-0.39, 0.29) is 5.78 Å². The Labute approximate surface area is 89.8 Å². The Kier molecular flexibility index (Phi) is 3.61. The van der Waals surface area contributed by atoms with Crippen molar-refractivity contribution >= 4 is 11.4 Å². The Morgan fingerprint density at radius 3 is 2.60 bits per heavy atom. The average Bonchev–Trinajstić information content (AvgIpc) is 2.66. The maximum absolute atomic E-state index is 11.1. The van der Waals surface area contributed by atoms with Gasteiger partial charge in [-0.1, -0.05) is 19.9 Å². The van der Waals surface area contributed by atoms with E-state index in [4.69, 9.17) is 0 Å². The molecule has 3 nitrogen and oxygen atoms in total. The van der Waals surface area contributed by atoms with Gasteiger partial charge in [0.1, 0.15) is 11.3 Å². The lowest BCUT2D eigenvalue weighted by Gasteiger charge is -1.93. The van der Waals surface area contributed by atoms with Crippen LogP contribution in [0, 0.1) is 6.92 Å². The zero-order chi connectivity index (χ0) is 11.4. The Balaban J connectivity index is 0.000000531. The molecule has 0 radical (unpaired) electrons. The Morgan fingerprint density at radius 2 is 2.07 bits per heavy atom. The van der Waals surface area contributed by atoms with Crippen molar-refractivity contribution in [1.29, 1.82) is 0 Å². The molecule has 2 aromatic rings. The summed E-state index contributed by atoms with van der Waals surface area (Å²) in [7, 11) is 0. The van der Waals surface area contributed by atoms with Crippen LogP contribution < -0.4 is 0 Å². The third-order valence-corrected chi connectivity index (χ3v) is 2.04. The van der Waals surface area contributed by atoms with E-state index in [1.54, 1.807) is 6.20 Å². The van der Waals surface area contributed by atoms with E-state index in [2.05, 4.69) is 4.98 Å². The van der Waals surface area contributed by atoms with Gasteiger partial charge in [0.2, 0.25) is 0 Å². The molecule has 0 atom stereocenters. The number of hydrogen-bond donors (Lipinski definition) is 0. The van der Waals surface area contributed by atoms with E-state index in [1.165, 1.54) is 6.92 Å². The topological polar surface area (TPSA) is 34.4 Å². The highest BCUT2D eigenvalue weighted by atomic mass is 16.1. The van der Waals surface area contributed by atoms with E-state index in [0.717, 1.165) is 11.2 Å². The molecule has 0 aliphatic carbocycles. The van der Waals surface area contributed by atoms with Crippen LogP contribution in [0.25, 0.3) is 5.65 Å². The van der Waals surface area contributed by atoms with Crippen LogP contribution in [0.2, 0.25) is 0 Å². The molecule has 0 amide bonds. The minimum Gasteiger partial charge on any atom is -0.306 e. The molecule has 0 spiro atoms. The van der Waals surface area contributed by atoms with Gasteiger partial charge in [-0.25, -0.2) is 4.98 Å². The van der Waals surface area contributed by atoms with Crippen molar-refractivity contribution in [2.24, 2.45) is 0 Å². The van der Waals surface area contributed by atoms with E-state index >= 15 is 0 Å². The molecule has 0 aromatic carbocycles. The molecule has 3 heteroatoms. The minimum atomic E-state index is 0.00287. The van der Waals surface area contributed by atoms with Gasteiger partial charge in [-0.05, 0) is 18.6 Å². The fraction of sp³-hybridized carbons (Fsp3) is 0.333. The number of pyridine rings is 1. The van der Waals surface area contributed by atoms with Crippen molar-refractivity contribution in [2.45, 2.75) is 27.7 Å². The summed E-state index contributed by atoms with van der Waals surface area (Å²) in [6.07, 6.45) is 3.65. The highest BCUT2D eigenvalue weighted by Gasteiger charge is 2.06. The average molecular weight is 204 g/mol. The van der Waals surface area contributed by atoms with E-state index in [9.17, 15) is 4.79 Å². The number of Topliss-reactive ketones (excluding diaryl/α,β-unsaturated/α-hetero) is 1. The number of aromatic nitrogens is 2. The maximum atomic E-state index is 11.1. The van der Waals surface area contributed by atoms with Gasteiger partial charge in [0.15, 0.2) is 5.78 Å². The molecule has 0 bridgehead atoms. The summed E-state index contributed by atoms with van der Waals surface area (Å²) in [6, 6.07) is 3.92. The third kappa shape index (κ3) is 2.24. The van der Waals surface area contributed by atoms with Crippen molar-refractivity contribution in [3.63, 3.8) is 0 Å². The summed E-state index contributed by atoms with van der Waals surface area (Å²) in [6.45, 7) is 7.50. The lowest BCUT2D eigenvalue weighted by Crippen LogP contribution is -1.90. The number of ketones is 1. The quantitative estimate of drug-likeness (QED) is 0.669. The van der Waals surface area contributed by atoms with Gasteiger partial charge in [-0.3, -0.25) is 4.79 Å². The van der Waals surface area contributed by atoms with Crippen molar-refractivity contribution in [3.8, 4) is 0 Å². The number of rotatable bonds is 1. The molecule has 0 aliphatic heterocycles. The normalized spacial score (nSPS) is 9.60. The molecular weight excluding hydrogens is 188 g/mol. The number of hydrogen-bond acceptors (Lipinski definition) is 2. The molecule has 80 valence electrons. The second-order valence-electron chi connectivity index (χ2n) is 3.10. The van der Waals surface area contributed by atoms with Gasteiger partial charge in [-0.15, -0.1) is 0 Å². The fourth-order valence-corrected chi connectivity index (χ4v) is 1.32. The number of carbonyl (C=O) groups excluding carboxylic acids is 1. The van der Waals surface area contributed by atoms with Gasteiger partial charge in [0.05, 0.1) is 0 Å². The van der Waals surface area contributed by atoms with Crippen LogP contribution in [0.3, 0.4) is 0 Å². The predicted octanol–water partition coefficient (Wildman–Crippen LogP) is 2.87. The summed E-state index contributed by atoms with van der Waals surface area (Å²) >= 11 is 0. The number of carbonyl (C=O) groups is 1. The predicted molar refractivity (Wildman–Crippen MR) is 61.3 cm³/mol. The molecule has 0 N–H and O–H groups in total. The van der Waals surface area contributed by atoms with Crippen LogP contribution in [0.5, 0.6) is 0 Å². The second-order valence-corrected chi connectivity index (χ2v) is 3.10. The zero-order valence-electron chi connectivity index (χ0n) is 9.61. The summed E-state index contributed by atoms with van der Waals surface area (Å²) in [5.41, 5.74) is 2.46. The Bertz CT molecular complexity index is 471. The van der Waals surface area contributed by atoms with Crippen LogP contribution >= 0.6 is 0 Å². The maximum Gasteiger partial charge on any atom is 0.179 e. The summed E-state index contributed by atoms with van der Waals surface area (Å²) in [4.78, 5) is 15.3. The van der Waals surface area contributed by atoms with E-state index < -0.39 is 0 Å². The van der Waals surface area contributed by atoms with Crippen LogP contribution in [-0.2, 0) is 0 Å². The first kappa shape index (κ1) is 11.4. The smallest absolute Gasteiger partial charge is 0.179 e. The zero-order valence-corrected chi connectivity index (χ0v) is 9.61. The highest BCUT2D eigenvalue weighted by molar-refractivity contribution is 5.92. The molecule has 0 saturated heterocycles. The molecule has 2 rings (SSSR count). The standard InChI is InChI=1S/C10H10N2O.C2H6/c1-7-4-3-5-12-6-9(8(2)13)11-10(7)12;1-2/h3-6H,1-2H3;1-2H3. The molecular formula is C12H16N2O. The molecule has 2 aromatic heterocycles. The summed E-state index contributed by atoms with van der Waals surface area (Å²) in [5, 5.41) is 0. The van der Waals surface area contributed by atoms with Gasteiger partial charge in [0, 0.05) is 19.3 Å². The summed E-state index contributed by atoms with van der Waals surface area (Å²) in [5.74, 6) is 0.00287. The second kappa shape index (κ2) is 4.73. The molecule has 0 unspecified atom stereocenters. The fourth-order valence-electron chi connectivity index (χ4n) is 1.32. The number of fused-ring (bicyclic) bond motifs is 1. The van der Waals surface area contributed by atoms with Crippen LogP contribution in [-0.4, -0.2) is 15.2 Å². The molecule has 15 heavy (non-hydrogen) atoms. The number of aryl methyl sites for hydroxylation is 1.